The quantitative estimate of drug-likeness (QED) is 0.750. The van der Waals surface area contributed by atoms with E-state index in [2.05, 4.69) is 15.9 Å². The van der Waals surface area contributed by atoms with Crippen molar-refractivity contribution < 1.29 is 19.1 Å². The van der Waals surface area contributed by atoms with Crippen molar-refractivity contribution in [3.63, 3.8) is 0 Å². The van der Waals surface area contributed by atoms with Crippen LogP contribution in [0.2, 0.25) is 0 Å². The summed E-state index contributed by atoms with van der Waals surface area (Å²) in [6.45, 7) is 6.62. The number of fused-ring (bicyclic) bond motifs is 2. The van der Waals surface area contributed by atoms with Gasteiger partial charge in [0.25, 0.3) is 5.91 Å². The number of amides is 2. The van der Waals surface area contributed by atoms with E-state index in [9.17, 15) is 9.59 Å². The Hall–Kier alpha value is -1.76. The van der Waals surface area contributed by atoms with E-state index in [-0.39, 0.29) is 24.1 Å². The van der Waals surface area contributed by atoms with Gasteiger partial charge in [-0.05, 0) is 45.4 Å². The normalized spacial score (nSPS) is 22.3. The van der Waals surface area contributed by atoms with Gasteiger partial charge in [-0.3, -0.25) is 4.79 Å². The van der Waals surface area contributed by atoms with E-state index in [1.165, 1.54) is 0 Å². The SMILES string of the molecule is COc1cc(Br)ccc1C(=O)N1C[C@@H]2CC1CN2C(=O)OC(C)(C)C. The molecule has 1 aromatic carbocycles. The molecule has 2 saturated heterocycles. The molecule has 7 heteroatoms. The Morgan fingerprint density at radius 1 is 1.16 bits per heavy atom. The number of methoxy groups -OCH3 is 1. The Kier molecular flexibility index (Phi) is 4.70. The average molecular weight is 411 g/mol. The highest BCUT2D eigenvalue weighted by Crippen LogP contribution is 2.34. The highest BCUT2D eigenvalue weighted by molar-refractivity contribution is 9.10. The molecule has 2 heterocycles. The summed E-state index contributed by atoms with van der Waals surface area (Å²) in [6.07, 6.45) is 0.498. The molecule has 6 nitrogen and oxygen atoms in total. The van der Waals surface area contributed by atoms with Gasteiger partial charge in [0, 0.05) is 17.6 Å². The van der Waals surface area contributed by atoms with Crippen molar-refractivity contribution in [1.29, 1.82) is 0 Å². The maximum atomic E-state index is 12.9. The number of halogens is 1. The zero-order valence-electron chi connectivity index (χ0n) is 14.9. The molecule has 2 fully saturated rings. The first-order chi connectivity index (χ1) is 11.7. The van der Waals surface area contributed by atoms with Crippen LogP contribution in [-0.2, 0) is 4.74 Å². The third-order valence-corrected chi connectivity index (χ3v) is 5.02. The zero-order valence-corrected chi connectivity index (χ0v) is 16.5. The molecule has 0 radical (unpaired) electrons. The van der Waals surface area contributed by atoms with E-state index >= 15 is 0 Å². The van der Waals surface area contributed by atoms with Gasteiger partial charge in [-0.25, -0.2) is 4.79 Å². The van der Waals surface area contributed by atoms with Gasteiger partial charge >= 0.3 is 6.09 Å². The molecule has 136 valence electrons. The highest BCUT2D eigenvalue weighted by atomic mass is 79.9. The van der Waals surface area contributed by atoms with E-state index < -0.39 is 5.60 Å². The molecule has 2 atom stereocenters. The largest absolute Gasteiger partial charge is 0.496 e. The first-order valence-corrected chi connectivity index (χ1v) is 9.13. The van der Waals surface area contributed by atoms with Gasteiger partial charge in [-0.1, -0.05) is 15.9 Å². The van der Waals surface area contributed by atoms with Crippen molar-refractivity contribution >= 4 is 27.9 Å². The molecule has 2 amide bonds. The summed E-state index contributed by atoms with van der Waals surface area (Å²) in [4.78, 5) is 28.8. The minimum Gasteiger partial charge on any atom is -0.496 e. The number of nitrogens with zero attached hydrogens (tertiary/aromatic N) is 2. The molecule has 25 heavy (non-hydrogen) atoms. The summed E-state index contributed by atoms with van der Waals surface area (Å²) in [5.41, 5.74) is 0.0289. The molecule has 2 aliphatic heterocycles. The van der Waals surface area contributed by atoms with Crippen LogP contribution in [0.4, 0.5) is 4.79 Å². The predicted molar refractivity (Wildman–Crippen MR) is 96.9 cm³/mol. The second-order valence-electron chi connectivity index (χ2n) is 7.48. The standard InChI is InChI=1S/C18H23BrN2O4/c1-18(2,3)25-17(23)21-10-12-8-13(21)9-20(12)16(22)14-6-5-11(19)7-15(14)24-4/h5-7,12-13H,8-10H2,1-4H3/t12?,13-/m0/s1. The Morgan fingerprint density at radius 2 is 1.80 bits per heavy atom. The second-order valence-corrected chi connectivity index (χ2v) is 8.39. The average Bonchev–Trinajstić information content (AvgIpc) is 3.12. The summed E-state index contributed by atoms with van der Waals surface area (Å²) in [6, 6.07) is 5.43. The molecule has 0 spiro atoms. The van der Waals surface area contributed by atoms with Crippen molar-refractivity contribution in [2.75, 3.05) is 20.2 Å². The van der Waals surface area contributed by atoms with Crippen molar-refractivity contribution in [1.82, 2.24) is 9.80 Å². The van der Waals surface area contributed by atoms with Gasteiger partial charge < -0.3 is 19.3 Å². The van der Waals surface area contributed by atoms with Gasteiger partial charge in [0.15, 0.2) is 0 Å². The molecular formula is C18H23BrN2O4. The Balaban J connectivity index is 1.71. The van der Waals surface area contributed by atoms with Crippen LogP contribution in [0.3, 0.4) is 0 Å². The van der Waals surface area contributed by atoms with E-state index in [1.807, 2.05) is 31.7 Å². The number of benzene rings is 1. The topological polar surface area (TPSA) is 59.1 Å². The lowest BCUT2D eigenvalue weighted by atomic mass is 10.1. The van der Waals surface area contributed by atoms with Crippen molar-refractivity contribution in [2.45, 2.75) is 44.9 Å². The lowest BCUT2D eigenvalue weighted by Gasteiger charge is -2.35. The number of hydrogen-bond donors (Lipinski definition) is 0. The van der Waals surface area contributed by atoms with E-state index in [1.54, 1.807) is 24.1 Å². The van der Waals surface area contributed by atoms with Gasteiger partial charge in [0.2, 0.25) is 0 Å². The number of rotatable bonds is 2. The van der Waals surface area contributed by atoms with E-state index in [0.29, 0.717) is 24.4 Å². The van der Waals surface area contributed by atoms with Crippen LogP contribution in [0.5, 0.6) is 5.75 Å². The first kappa shape index (κ1) is 18.0. The van der Waals surface area contributed by atoms with Gasteiger partial charge in [-0.2, -0.15) is 0 Å². The molecule has 0 N–H and O–H groups in total. The van der Waals surface area contributed by atoms with Crippen LogP contribution >= 0.6 is 15.9 Å². The lowest BCUT2D eigenvalue weighted by molar-refractivity contribution is 0.0126. The number of hydrogen-bond acceptors (Lipinski definition) is 4. The Morgan fingerprint density at radius 3 is 2.36 bits per heavy atom. The summed E-state index contributed by atoms with van der Waals surface area (Å²) in [5, 5.41) is 0. The van der Waals surface area contributed by atoms with Crippen molar-refractivity contribution in [3.05, 3.63) is 28.2 Å². The minimum atomic E-state index is -0.515. The smallest absolute Gasteiger partial charge is 0.410 e. The summed E-state index contributed by atoms with van der Waals surface area (Å²) in [7, 11) is 1.55. The fourth-order valence-electron chi connectivity index (χ4n) is 3.46. The maximum absolute atomic E-state index is 12.9. The monoisotopic (exact) mass is 410 g/mol. The van der Waals surface area contributed by atoms with E-state index in [0.717, 1.165) is 10.9 Å². The number of carbonyl (C=O) groups is 2. The summed E-state index contributed by atoms with van der Waals surface area (Å²) >= 11 is 3.39. The van der Waals surface area contributed by atoms with E-state index in [4.69, 9.17) is 9.47 Å². The Bertz CT molecular complexity index is 701. The van der Waals surface area contributed by atoms with Gasteiger partial charge in [-0.15, -0.1) is 0 Å². The molecule has 0 saturated carbocycles. The maximum Gasteiger partial charge on any atom is 0.410 e. The third-order valence-electron chi connectivity index (χ3n) is 4.52. The number of likely N-dealkylation sites (tertiary alicyclic amines) is 2. The second kappa shape index (κ2) is 6.52. The number of carbonyl (C=O) groups excluding carboxylic acids is 2. The number of ether oxygens (including phenoxy) is 2. The summed E-state index contributed by atoms with van der Waals surface area (Å²) in [5.74, 6) is 0.492. The van der Waals surface area contributed by atoms with Crippen LogP contribution < -0.4 is 4.74 Å². The van der Waals surface area contributed by atoms with Gasteiger partial charge in [0.05, 0.1) is 24.8 Å². The molecule has 1 unspecified atom stereocenters. The molecular weight excluding hydrogens is 388 g/mol. The zero-order chi connectivity index (χ0) is 18.4. The van der Waals surface area contributed by atoms with Crippen LogP contribution in [0, 0.1) is 0 Å². The van der Waals surface area contributed by atoms with Crippen molar-refractivity contribution in [3.8, 4) is 5.75 Å². The van der Waals surface area contributed by atoms with Gasteiger partial charge in [0.1, 0.15) is 11.4 Å². The molecule has 0 aliphatic carbocycles. The fraction of sp³-hybridized carbons (Fsp3) is 0.556. The molecule has 2 aliphatic rings. The third kappa shape index (κ3) is 3.61. The fourth-order valence-corrected chi connectivity index (χ4v) is 3.80. The number of piperazine rings is 1. The molecule has 1 aromatic rings. The molecule has 3 rings (SSSR count). The Labute approximate surface area is 156 Å². The van der Waals surface area contributed by atoms with Crippen LogP contribution in [0.15, 0.2) is 22.7 Å². The predicted octanol–water partition coefficient (Wildman–Crippen LogP) is 3.29. The first-order valence-electron chi connectivity index (χ1n) is 8.33. The van der Waals surface area contributed by atoms with Crippen LogP contribution in [0.25, 0.3) is 0 Å². The minimum absolute atomic E-state index is 0.0187. The summed E-state index contributed by atoms with van der Waals surface area (Å²) < 4.78 is 11.7. The molecule has 0 aromatic heterocycles. The van der Waals surface area contributed by atoms with Crippen LogP contribution in [-0.4, -0.2) is 59.7 Å². The lowest BCUT2D eigenvalue weighted by Crippen LogP contribution is -2.51. The van der Waals surface area contributed by atoms with Crippen LogP contribution in [0.1, 0.15) is 37.6 Å². The molecule has 2 bridgehead atoms. The highest BCUT2D eigenvalue weighted by Gasteiger charge is 2.48. The van der Waals surface area contributed by atoms with Crippen molar-refractivity contribution in [2.24, 2.45) is 0 Å².